The predicted molar refractivity (Wildman–Crippen MR) is 101 cm³/mol. The van der Waals surface area contributed by atoms with Gasteiger partial charge in [-0.3, -0.25) is 29.2 Å². The molecule has 4 unspecified atom stereocenters. The molecular weight excluding hydrogens is 356 g/mol. The first kappa shape index (κ1) is 17.6. The fourth-order valence-corrected chi connectivity index (χ4v) is 5.23. The quantitative estimate of drug-likeness (QED) is 0.563. The van der Waals surface area contributed by atoms with Crippen LogP contribution in [0.4, 0.5) is 0 Å². The number of allylic oxidation sites excluding steroid dienone is 2. The van der Waals surface area contributed by atoms with Gasteiger partial charge in [-0.1, -0.05) is 18.2 Å². The number of pyridine rings is 1. The summed E-state index contributed by atoms with van der Waals surface area (Å²) >= 11 is 0. The highest BCUT2D eigenvalue weighted by atomic mass is 16.2. The second-order valence-corrected chi connectivity index (χ2v) is 8.24. The number of hydrogen-bond donors (Lipinski definition) is 0. The van der Waals surface area contributed by atoms with E-state index in [0.717, 1.165) is 31.7 Å². The zero-order chi connectivity index (χ0) is 19.3. The summed E-state index contributed by atoms with van der Waals surface area (Å²) in [7, 11) is 0. The van der Waals surface area contributed by atoms with E-state index in [-0.39, 0.29) is 47.9 Å². The fourth-order valence-electron chi connectivity index (χ4n) is 5.23. The van der Waals surface area contributed by atoms with Gasteiger partial charge < -0.3 is 4.90 Å². The summed E-state index contributed by atoms with van der Waals surface area (Å²) in [6.45, 7) is 3.42. The second-order valence-electron chi connectivity index (χ2n) is 8.24. The fraction of sp³-hybridized carbons (Fsp3) is 0.524. The summed E-state index contributed by atoms with van der Waals surface area (Å²) in [5.74, 6) is -0.512. The van der Waals surface area contributed by atoms with Gasteiger partial charge in [-0.15, -0.1) is 0 Å². The molecule has 2 aliphatic carbocycles. The molecule has 7 heteroatoms. The lowest BCUT2D eigenvalue weighted by Crippen LogP contribution is -2.51. The van der Waals surface area contributed by atoms with E-state index >= 15 is 0 Å². The van der Waals surface area contributed by atoms with Crippen molar-refractivity contribution < 1.29 is 14.4 Å². The van der Waals surface area contributed by atoms with Crippen LogP contribution < -0.4 is 0 Å². The number of rotatable bonds is 4. The Morgan fingerprint density at radius 2 is 1.68 bits per heavy atom. The summed E-state index contributed by atoms with van der Waals surface area (Å²) < 4.78 is 0. The van der Waals surface area contributed by atoms with Gasteiger partial charge in [-0.2, -0.15) is 0 Å². The van der Waals surface area contributed by atoms with E-state index in [4.69, 9.17) is 0 Å². The van der Waals surface area contributed by atoms with Crippen molar-refractivity contribution in [1.29, 1.82) is 0 Å². The van der Waals surface area contributed by atoms with Crippen molar-refractivity contribution in [2.75, 3.05) is 32.7 Å². The average molecular weight is 380 g/mol. The van der Waals surface area contributed by atoms with E-state index < -0.39 is 0 Å². The van der Waals surface area contributed by atoms with Crippen LogP contribution in [0.3, 0.4) is 0 Å². The minimum atomic E-state index is -0.231. The molecule has 2 bridgehead atoms. The SMILES string of the molecule is O=C(CN1C(=O)C2C3C=CC(C3)C2C1=O)N1CCN(Cc2ccccn2)CC1. The van der Waals surface area contributed by atoms with Crippen LogP contribution in [0.15, 0.2) is 36.5 Å². The van der Waals surface area contributed by atoms with Crippen LogP contribution in [0.1, 0.15) is 12.1 Å². The topological polar surface area (TPSA) is 73.8 Å². The smallest absolute Gasteiger partial charge is 0.242 e. The average Bonchev–Trinajstić information content (AvgIpc) is 3.39. The first-order valence-electron chi connectivity index (χ1n) is 10.1. The number of nitrogens with zero attached hydrogens (tertiary/aromatic N) is 4. The highest BCUT2D eigenvalue weighted by molar-refractivity contribution is 6.08. The molecule has 5 rings (SSSR count). The predicted octanol–water partition coefficient (Wildman–Crippen LogP) is 0.533. The summed E-state index contributed by atoms with van der Waals surface area (Å²) in [5.41, 5.74) is 1.02. The zero-order valence-electron chi connectivity index (χ0n) is 15.7. The Kier molecular flexibility index (Phi) is 4.27. The molecule has 1 aromatic rings. The van der Waals surface area contributed by atoms with Crippen LogP contribution in [0.25, 0.3) is 0 Å². The van der Waals surface area contributed by atoms with Gasteiger partial charge in [0.1, 0.15) is 6.54 Å². The molecule has 2 saturated heterocycles. The molecule has 4 atom stereocenters. The van der Waals surface area contributed by atoms with Crippen molar-refractivity contribution in [3.63, 3.8) is 0 Å². The second kappa shape index (κ2) is 6.81. The van der Waals surface area contributed by atoms with Crippen LogP contribution in [0.2, 0.25) is 0 Å². The van der Waals surface area contributed by atoms with Gasteiger partial charge in [-0.25, -0.2) is 0 Å². The number of carbonyl (C=O) groups excluding carboxylic acids is 3. The summed E-state index contributed by atoms with van der Waals surface area (Å²) in [4.78, 5) is 47.9. The van der Waals surface area contributed by atoms with E-state index in [0.29, 0.717) is 13.1 Å². The summed E-state index contributed by atoms with van der Waals surface area (Å²) in [5, 5.41) is 0. The maximum atomic E-state index is 12.7. The summed E-state index contributed by atoms with van der Waals surface area (Å²) in [6.07, 6.45) is 6.84. The van der Waals surface area contributed by atoms with Gasteiger partial charge in [-0.05, 0) is 30.4 Å². The van der Waals surface area contributed by atoms with Crippen molar-refractivity contribution in [2.45, 2.75) is 13.0 Å². The number of fused-ring (bicyclic) bond motifs is 5. The van der Waals surface area contributed by atoms with E-state index in [1.165, 1.54) is 4.90 Å². The molecule has 2 aliphatic heterocycles. The van der Waals surface area contributed by atoms with Crippen LogP contribution >= 0.6 is 0 Å². The third-order valence-electron chi connectivity index (χ3n) is 6.69. The van der Waals surface area contributed by atoms with Gasteiger partial charge in [0, 0.05) is 38.9 Å². The lowest BCUT2D eigenvalue weighted by atomic mass is 9.85. The monoisotopic (exact) mass is 380 g/mol. The molecule has 1 aromatic heterocycles. The van der Waals surface area contributed by atoms with Gasteiger partial charge in [0.2, 0.25) is 17.7 Å². The number of piperazine rings is 1. The van der Waals surface area contributed by atoms with E-state index in [1.54, 1.807) is 11.1 Å². The van der Waals surface area contributed by atoms with Gasteiger partial charge in [0.05, 0.1) is 17.5 Å². The third-order valence-corrected chi connectivity index (χ3v) is 6.69. The van der Waals surface area contributed by atoms with Crippen molar-refractivity contribution in [2.24, 2.45) is 23.7 Å². The Morgan fingerprint density at radius 1 is 1.00 bits per heavy atom. The normalized spacial score (nSPS) is 31.7. The van der Waals surface area contributed by atoms with E-state index in [9.17, 15) is 14.4 Å². The largest absolute Gasteiger partial charge is 0.339 e. The van der Waals surface area contributed by atoms with Crippen LogP contribution in [0, 0.1) is 23.7 Å². The highest BCUT2D eigenvalue weighted by Gasteiger charge is 2.59. The zero-order valence-corrected chi connectivity index (χ0v) is 15.7. The van der Waals surface area contributed by atoms with Crippen molar-refractivity contribution in [1.82, 2.24) is 19.7 Å². The Labute approximate surface area is 164 Å². The molecule has 3 fully saturated rings. The molecule has 0 aromatic carbocycles. The molecule has 146 valence electrons. The molecule has 3 heterocycles. The Balaban J connectivity index is 1.16. The maximum absolute atomic E-state index is 12.7. The van der Waals surface area contributed by atoms with Crippen LogP contribution in [0.5, 0.6) is 0 Å². The molecule has 28 heavy (non-hydrogen) atoms. The molecule has 4 aliphatic rings. The van der Waals surface area contributed by atoms with Crippen LogP contribution in [-0.2, 0) is 20.9 Å². The molecule has 7 nitrogen and oxygen atoms in total. The molecule has 0 N–H and O–H groups in total. The van der Waals surface area contributed by atoms with Gasteiger partial charge in [0.15, 0.2) is 0 Å². The van der Waals surface area contributed by atoms with Gasteiger partial charge >= 0.3 is 0 Å². The number of carbonyl (C=O) groups is 3. The minimum Gasteiger partial charge on any atom is -0.339 e. The summed E-state index contributed by atoms with van der Waals surface area (Å²) in [6, 6.07) is 5.88. The van der Waals surface area contributed by atoms with Crippen molar-refractivity contribution in [3.05, 3.63) is 42.2 Å². The van der Waals surface area contributed by atoms with E-state index in [2.05, 4.69) is 22.0 Å². The number of imide groups is 1. The van der Waals surface area contributed by atoms with Crippen LogP contribution in [-0.4, -0.2) is 70.1 Å². The van der Waals surface area contributed by atoms with Crippen molar-refractivity contribution in [3.8, 4) is 0 Å². The number of likely N-dealkylation sites (tertiary alicyclic amines) is 1. The standard InChI is InChI=1S/C21H24N4O3/c26-17(24-9-7-23(8-10-24)12-16-3-1-2-6-22-16)13-25-20(27)18-14-4-5-15(11-14)19(18)21(25)28/h1-6,14-15,18-19H,7-13H2. The number of hydrogen-bond acceptors (Lipinski definition) is 5. The maximum Gasteiger partial charge on any atom is 0.242 e. The lowest BCUT2D eigenvalue weighted by Gasteiger charge is -2.35. The first-order chi connectivity index (χ1) is 13.6. The third kappa shape index (κ3) is 2.85. The Morgan fingerprint density at radius 3 is 2.29 bits per heavy atom. The molecule has 0 radical (unpaired) electrons. The molecular formula is C21H24N4O3. The Hall–Kier alpha value is -2.54. The van der Waals surface area contributed by atoms with Gasteiger partial charge in [0.25, 0.3) is 0 Å². The first-order valence-corrected chi connectivity index (χ1v) is 10.1. The lowest BCUT2D eigenvalue weighted by molar-refractivity contribution is -0.147. The van der Waals surface area contributed by atoms with E-state index in [1.807, 2.05) is 18.2 Å². The molecule has 3 amide bonds. The highest BCUT2D eigenvalue weighted by Crippen LogP contribution is 2.52. The number of aromatic nitrogens is 1. The minimum absolute atomic E-state index is 0.107. The van der Waals surface area contributed by atoms with Crippen molar-refractivity contribution >= 4 is 17.7 Å². The molecule has 1 saturated carbocycles. The molecule has 0 spiro atoms. The Bertz CT molecular complexity index is 801. The number of amides is 3.